The van der Waals surface area contributed by atoms with Crippen LogP contribution in [0.4, 0.5) is 5.69 Å². The minimum atomic E-state index is -3.52. The van der Waals surface area contributed by atoms with Gasteiger partial charge in [-0.15, -0.1) is 0 Å². The number of nitrogens with one attached hydrogen (secondary N) is 1. The minimum absolute atomic E-state index is 0.0493. The summed E-state index contributed by atoms with van der Waals surface area (Å²) in [6, 6.07) is 10.3. The van der Waals surface area contributed by atoms with Gasteiger partial charge in [-0.3, -0.25) is 9.48 Å². The molecule has 9 heteroatoms. The maximum atomic E-state index is 12.6. The summed E-state index contributed by atoms with van der Waals surface area (Å²) < 4.78 is 32.2. The van der Waals surface area contributed by atoms with Crippen molar-refractivity contribution in [2.75, 3.05) is 18.2 Å². The van der Waals surface area contributed by atoms with E-state index in [1.54, 1.807) is 35.1 Å². The van der Waals surface area contributed by atoms with Crippen molar-refractivity contribution in [3.8, 4) is 0 Å². The summed E-state index contributed by atoms with van der Waals surface area (Å²) in [4.78, 5) is 12.7. The number of carbonyl (C=O) groups excluding carboxylic acids is 1. The highest BCUT2D eigenvalue weighted by Gasteiger charge is 2.21. The third kappa shape index (κ3) is 4.50. The van der Waals surface area contributed by atoms with Gasteiger partial charge in [0.2, 0.25) is 5.91 Å². The van der Waals surface area contributed by atoms with Crippen molar-refractivity contribution in [2.24, 2.45) is 0 Å². The lowest BCUT2D eigenvalue weighted by atomic mass is 10.1. The lowest BCUT2D eigenvalue weighted by Gasteiger charge is -2.13. The number of hydrogen-bond donors (Lipinski definition) is 1. The Labute approximate surface area is 179 Å². The normalized spacial score (nSPS) is 16.8. The maximum absolute atomic E-state index is 12.6. The number of nitrogens with zero attached hydrogens (tertiary/aromatic N) is 2. The second kappa shape index (κ2) is 8.37. The van der Waals surface area contributed by atoms with E-state index < -0.39 is 9.84 Å². The predicted molar refractivity (Wildman–Crippen MR) is 116 cm³/mol. The Morgan fingerprint density at radius 1 is 1.33 bits per heavy atom. The maximum Gasteiger partial charge on any atom is 0.228 e. The molecule has 1 amide bonds. The molecule has 0 bridgehead atoms. The molecule has 2 aromatic carbocycles. The SMILES string of the molecule is CS(=O)(=O)c1cc(NC(=O)Cc2ccccc2Cl)cc2c1cnn2CC1CCCO1. The van der Waals surface area contributed by atoms with Crippen LogP contribution in [-0.2, 0) is 32.3 Å². The number of aromatic nitrogens is 2. The molecule has 1 aromatic heterocycles. The third-order valence-corrected chi connectivity index (χ3v) is 6.62. The molecule has 1 unspecified atom stereocenters. The summed E-state index contributed by atoms with van der Waals surface area (Å²) in [5, 5.41) is 8.21. The van der Waals surface area contributed by atoms with E-state index in [-0.39, 0.29) is 23.3 Å². The highest BCUT2D eigenvalue weighted by Crippen LogP contribution is 2.29. The molecule has 1 fully saturated rings. The van der Waals surface area contributed by atoms with E-state index in [1.165, 1.54) is 6.07 Å². The molecule has 7 nitrogen and oxygen atoms in total. The number of ether oxygens (including phenoxy) is 1. The van der Waals surface area contributed by atoms with Crippen LogP contribution in [-0.4, -0.2) is 43.1 Å². The minimum Gasteiger partial charge on any atom is -0.376 e. The molecule has 30 heavy (non-hydrogen) atoms. The van der Waals surface area contributed by atoms with Crippen LogP contribution in [0.15, 0.2) is 47.5 Å². The molecule has 1 N–H and O–H groups in total. The first-order valence-corrected chi connectivity index (χ1v) is 11.9. The van der Waals surface area contributed by atoms with Crippen molar-refractivity contribution in [1.29, 1.82) is 0 Å². The van der Waals surface area contributed by atoms with Gasteiger partial charge in [0.25, 0.3) is 0 Å². The van der Waals surface area contributed by atoms with E-state index in [0.29, 0.717) is 33.7 Å². The molecular weight excluding hydrogens is 426 g/mol. The molecule has 158 valence electrons. The Morgan fingerprint density at radius 2 is 2.13 bits per heavy atom. The quantitative estimate of drug-likeness (QED) is 0.625. The number of sulfone groups is 1. The number of carbonyl (C=O) groups is 1. The number of rotatable bonds is 6. The molecule has 1 aliphatic rings. The van der Waals surface area contributed by atoms with Gasteiger partial charge in [0.05, 0.1) is 35.7 Å². The first-order chi connectivity index (χ1) is 14.3. The first-order valence-electron chi connectivity index (χ1n) is 9.66. The smallest absolute Gasteiger partial charge is 0.228 e. The summed E-state index contributed by atoms with van der Waals surface area (Å²) in [6.45, 7) is 1.26. The first kappa shape index (κ1) is 20.8. The van der Waals surface area contributed by atoms with Gasteiger partial charge in [0, 0.05) is 29.0 Å². The van der Waals surface area contributed by atoms with E-state index in [1.807, 2.05) is 6.07 Å². The molecule has 1 saturated heterocycles. The average Bonchev–Trinajstić information content (AvgIpc) is 3.33. The van der Waals surface area contributed by atoms with Gasteiger partial charge in [0.15, 0.2) is 9.84 Å². The Kier molecular flexibility index (Phi) is 5.81. The molecule has 0 aliphatic carbocycles. The zero-order valence-corrected chi connectivity index (χ0v) is 18.0. The Balaban J connectivity index is 1.66. The van der Waals surface area contributed by atoms with Crippen LogP contribution in [0.1, 0.15) is 18.4 Å². The highest BCUT2D eigenvalue weighted by molar-refractivity contribution is 7.91. The van der Waals surface area contributed by atoms with Crippen molar-refractivity contribution >= 4 is 43.9 Å². The number of hydrogen-bond acceptors (Lipinski definition) is 5. The molecule has 3 aromatic rings. The number of benzene rings is 2. The van der Waals surface area contributed by atoms with Gasteiger partial charge in [0.1, 0.15) is 0 Å². The summed E-state index contributed by atoms with van der Waals surface area (Å²) in [5.74, 6) is -0.285. The topological polar surface area (TPSA) is 90.3 Å². The fraction of sp³-hybridized carbons (Fsp3) is 0.333. The zero-order valence-electron chi connectivity index (χ0n) is 16.5. The second-order valence-corrected chi connectivity index (χ2v) is 9.85. The standard InChI is InChI=1S/C21H22ClN3O4S/c1-30(27,28)20-11-15(24-21(26)9-14-5-2-3-7-18(14)22)10-19-17(20)12-23-25(19)13-16-6-4-8-29-16/h2-3,5,7,10-12,16H,4,6,8-9,13H2,1H3,(H,24,26). The Bertz CT molecular complexity index is 1200. The number of halogens is 1. The molecule has 2 heterocycles. The number of amides is 1. The molecule has 0 spiro atoms. The lowest BCUT2D eigenvalue weighted by Crippen LogP contribution is -2.17. The van der Waals surface area contributed by atoms with Crippen molar-refractivity contribution in [3.63, 3.8) is 0 Å². The summed E-state index contributed by atoms with van der Waals surface area (Å²) in [5.41, 5.74) is 1.74. The van der Waals surface area contributed by atoms with Crippen LogP contribution in [0.3, 0.4) is 0 Å². The summed E-state index contributed by atoms with van der Waals surface area (Å²) in [6.07, 6.45) is 4.77. The van der Waals surface area contributed by atoms with Gasteiger partial charge in [-0.1, -0.05) is 29.8 Å². The van der Waals surface area contributed by atoms with E-state index in [4.69, 9.17) is 16.3 Å². The van der Waals surface area contributed by atoms with E-state index in [2.05, 4.69) is 10.4 Å². The van der Waals surface area contributed by atoms with Crippen LogP contribution in [0.2, 0.25) is 5.02 Å². The molecule has 0 saturated carbocycles. The van der Waals surface area contributed by atoms with Crippen molar-refractivity contribution in [3.05, 3.63) is 53.2 Å². The van der Waals surface area contributed by atoms with Crippen molar-refractivity contribution in [1.82, 2.24) is 9.78 Å². The Morgan fingerprint density at radius 3 is 2.83 bits per heavy atom. The second-order valence-electron chi connectivity index (χ2n) is 7.46. The molecule has 4 rings (SSSR count). The van der Waals surface area contributed by atoms with Gasteiger partial charge < -0.3 is 10.1 Å². The monoisotopic (exact) mass is 447 g/mol. The van der Waals surface area contributed by atoms with E-state index in [0.717, 1.165) is 25.7 Å². The van der Waals surface area contributed by atoms with Gasteiger partial charge in [-0.05, 0) is 36.6 Å². The predicted octanol–water partition coefficient (Wildman–Crippen LogP) is 3.45. The summed E-state index contributed by atoms with van der Waals surface area (Å²) >= 11 is 6.14. The van der Waals surface area contributed by atoms with Crippen LogP contribution in [0.25, 0.3) is 10.9 Å². The highest BCUT2D eigenvalue weighted by atomic mass is 35.5. The van der Waals surface area contributed by atoms with Crippen molar-refractivity contribution in [2.45, 2.75) is 36.8 Å². The third-order valence-electron chi connectivity index (χ3n) is 5.12. The van der Waals surface area contributed by atoms with Gasteiger partial charge in [-0.25, -0.2) is 8.42 Å². The van der Waals surface area contributed by atoms with Crippen LogP contribution in [0, 0.1) is 0 Å². The van der Waals surface area contributed by atoms with Crippen LogP contribution >= 0.6 is 11.6 Å². The number of anilines is 1. The van der Waals surface area contributed by atoms with E-state index >= 15 is 0 Å². The van der Waals surface area contributed by atoms with Crippen LogP contribution < -0.4 is 5.32 Å². The lowest BCUT2D eigenvalue weighted by molar-refractivity contribution is -0.115. The number of fused-ring (bicyclic) bond motifs is 1. The fourth-order valence-electron chi connectivity index (χ4n) is 3.67. The summed E-state index contributed by atoms with van der Waals surface area (Å²) in [7, 11) is -3.52. The van der Waals surface area contributed by atoms with Crippen molar-refractivity contribution < 1.29 is 17.9 Å². The van der Waals surface area contributed by atoms with Gasteiger partial charge >= 0.3 is 0 Å². The van der Waals surface area contributed by atoms with Gasteiger partial charge in [-0.2, -0.15) is 5.10 Å². The molecule has 1 atom stereocenters. The largest absolute Gasteiger partial charge is 0.376 e. The molecule has 1 aliphatic heterocycles. The van der Waals surface area contributed by atoms with E-state index in [9.17, 15) is 13.2 Å². The molecular formula is C21H22ClN3O4S. The zero-order chi connectivity index (χ0) is 21.3. The average molecular weight is 448 g/mol. The Hall–Kier alpha value is -2.42. The van der Waals surface area contributed by atoms with Crippen LogP contribution in [0.5, 0.6) is 0 Å². The molecule has 0 radical (unpaired) electrons. The fourth-order valence-corrected chi connectivity index (χ4v) is 4.77.